The standard InChI is InChI=1S/C17H28FN3/c1-5-21(13(2)12-20(3)4)17-8-6-7-16(18)15(17)11-19-14-9-10-14/h6-8,13-14,19H,5,9-12H2,1-4H3. The lowest BCUT2D eigenvalue weighted by molar-refractivity contribution is 0.372. The Morgan fingerprint density at radius 2 is 2.05 bits per heavy atom. The van der Waals surface area contributed by atoms with Crippen LogP contribution in [0.3, 0.4) is 0 Å². The summed E-state index contributed by atoms with van der Waals surface area (Å²) in [6.45, 7) is 6.80. The lowest BCUT2D eigenvalue weighted by atomic mass is 10.1. The molecule has 4 heteroatoms. The van der Waals surface area contributed by atoms with E-state index < -0.39 is 0 Å². The molecule has 1 aromatic rings. The van der Waals surface area contributed by atoms with Crippen LogP contribution in [0.1, 0.15) is 32.3 Å². The minimum Gasteiger partial charge on any atom is -0.367 e. The van der Waals surface area contributed by atoms with Gasteiger partial charge in [0.25, 0.3) is 0 Å². The predicted molar refractivity (Wildman–Crippen MR) is 87.3 cm³/mol. The third kappa shape index (κ3) is 4.42. The van der Waals surface area contributed by atoms with Crippen molar-refractivity contribution in [1.29, 1.82) is 0 Å². The minimum atomic E-state index is -0.101. The average Bonchev–Trinajstić information content (AvgIpc) is 3.22. The van der Waals surface area contributed by atoms with Gasteiger partial charge in [-0.05, 0) is 52.9 Å². The van der Waals surface area contributed by atoms with Crippen molar-refractivity contribution in [2.75, 3.05) is 32.1 Å². The van der Waals surface area contributed by atoms with Gasteiger partial charge < -0.3 is 15.1 Å². The van der Waals surface area contributed by atoms with Crippen LogP contribution in [0.25, 0.3) is 0 Å². The molecule has 21 heavy (non-hydrogen) atoms. The molecule has 0 spiro atoms. The predicted octanol–water partition coefficient (Wildman–Crippen LogP) is 2.85. The van der Waals surface area contributed by atoms with Crippen LogP contribution in [0.2, 0.25) is 0 Å². The number of nitrogens with zero attached hydrogens (tertiary/aromatic N) is 2. The molecular weight excluding hydrogens is 265 g/mol. The smallest absolute Gasteiger partial charge is 0.129 e. The zero-order valence-corrected chi connectivity index (χ0v) is 13.7. The van der Waals surface area contributed by atoms with E-state index in [2.05, 4.69) is 43.1 Å². The normalized spacial score (nSPS) is 16.3. The molecule has 0 radical (unpaired) electrons. The monoisotopic (exact) mass is 293 g/mol. The highest BCUT2D eigenvalue weighted by Crippen LogP contribution is 2.27. The van der Waals surface area contributed by atoms with Crippen LogP contribution >= 0.6 is 0 Å². The summed E-state index contributed by atoms with van der Waals surface area (Å²) in [4.78, 5) is 4.47. The first kappa shape index (κ1) is 16.2. The number of hydrogen-bond donors (Lipinski definition) is 1. The molecule has 0 heterocycles. The quantitative estimate of drug-likeness (QED) is 0.795. The molecule has 1 aromatic carbocycles. The highest BCUT2D eigenvalue weighted by Gasteiger charge is 2.23. The lowest BCUT2D eigenvalue weighted by Crippen LogP contribution is -2.41. The third-order valence-corrected chi connectivity index (χ3v) is 4.05. The van der Waals surface area contributed by atoms with Gasteiger partial charge in [-0.1, -0.05) is 6.07 Å². The first-order chi connectivity index (χ1) is 10.0. The molecule has 1 unspecified atom stereocenters. The van der Waals surface area contributed by atoms with Crippen LogP contribution < -0.4 is 10.2 Å². The summed E-state index contributed by atoms with van der Waals surface area (Å²) in [5, 5.41) is 3.44. The maximum atomic E-state index is 14.3. The van der Waals surface area contributed by atoms with Gasteiger partial charge in [0.1, 0.15) is 5.82 Å². The van der Waals surface area contributed by atoms with Crippen LogP contribution in [0, 0.1) is 5.82 Å². The highest BCUT2D eigenvalue weighted by atomic mass is 19.1. The van der Waals surface area contributed by atoms with Crippen LogP contribution in [-0.2, 0) is 6.54 Å². The maximum absolute atomic E-state index is 14.3. The molecule has 1 aliphatic rings. The number of rotatable bonds is 8. The highest BCUT2D eigenvalue weighted by molar-refractivity contribution is 5.55. The van der Waals surface area contributed by atoms with Gasteiger partial charge >= 0.3 is 0 Å². The van der Waals surface area contributed by atoms with Crippen LogP contribution in [0.5, 0.6) is 0 Å². The van der Waals surface area contributed by atoms with Gasteiger partial charge in [0, 0.05) is 43.0 Å². The molecule has 1 aliphatic carbocycles. The van der Waals surface area contributed by atoms with Crippen molar-refractivity contribution < 1.29 is 4.39 Å². The van der Waals surface area contributed by atoms with E-state index in [0.29, 0.717) is 18.6 Å². The van der Waals surface area contributed by atoms with E-state index in [1.54, 1.807) is 6.07 Å². The summed E-state index contributed by atoms with van der Waals surface area (Å²) >= 11 is 0. The molecule has 2 rings (SSSR count). The summed E-state index contributed by atoms with van der Waals surface area (Å²) < 4.78 is 14.3. The summed E-state index contributed by atoms with van der Waals surface area (Å²) in [6, 6.07) is 6.37. The van der Waals surface area contributed by atoms with E-state index in [1.165, 1.54) is 12.8 Å². The third-order valence-electron chi connectivity index (χ3n) is 4.05. The molecule has 0 amide bonds. The zero-order chi connectivity index (χ0) is 15.4. The summed E-state index contributed by atoms with van der Waals surface area (Å²) in [7, 11) is 4.15. The molecule has 0 aliphatic heterocycles. The zero-order valence-electron chi connectivity index (χ0n) is 13.7. The van der Waals surface area contributed by atoms with Crippen molar-refractivity contribution in [3.63, 3.8) is 0 Å². The summed E-state index contributed by atoms with van der Waals surface area (Å²) in [5.74, 6) is -0.101. The summed E-state index contributed by atoms with van der Waals surface area (Å²) in [5.41, 5.74) is 1.83. The van der Waals surface area contributed by atoms with Crippen LogP contribution in [0.4, 0.5) is 10.1 Å². The molecular formula is C17H28FN3. The molecule has 0 saturated heterocycles. The second-order valence-electron chi connectivity index (χ2n) is 6.29. The van der Waals surface area contributed by atoms with Crippen molar-refractivity contribution in [2.45, 2.75) is 45.3 Å². The van der Waals surface area contributed by atoms with Crippen LogP contribution in [-0.4, -0.2) is 44.2 Å². The Hall–Kier alpha value is -1.13. The molecule has 0 aromatic heterocycles. The van der Waals surface area contributed by atoms with E-state index in [0.717, 1.165) is 24.3 Å². The van der Waals surface area contributed by atoms with Gasteiger partial charge in [0.15, 0.2) is 0 Å². The number of hydrogen-bond acceptors (Lipinski definition) is 3. The Morgan fingerprint density at radius 3 is 2.62 bits per heavy atom. The van der Waals surface area contributed by atoms with E-state index in [-0.39, 0.29) is 5.82 Å². The van der Waals surface area contributed by atoms with Crippen molar-refractivity contribution in [3.05, 3.63) is 29.6 Å². The molecule has 1 fully saturated rings. The van der Waals surface area contributed by atoms with Gasteiger partial charge in [-0.15, -0.1) is 0 Å². The summed E-state index contributed by atoms with van der Waals surface area (Å²) in [6.07, 6.45) is 2.44. The second kappa shape index (κ2) is 7.23. The van der Waals surface area contributed by atoms with Gasteiger partial charge in [-0.2, -0.15) is 0 Å². The minimum absolute atomic E-state index is 0.101. The van der Waals surface area contributed by atoms with Crippen molar-refractivity contribution in [1.82, 2.24) is 10.2 Å². The number of nitrogens with one attached hydrogen (secondary N) is 1. The number of halogens is 1. The van der Waals surface area contributed by atoms with E-state index in [1.807, 2.05) is 12.1 Å². The Bertz CT molecular complexity index is 457. The average molecular weight is 293 g/mol. The number of benzene rings is 1. The van der Waals surface area contributed by atoms with Gasteiger partial charge in [0.05, 0.1) is 0 Å². The van der Waals surface area contributed by atoms with Gasteiger partial charge in [-0.25, -0.2) is 4.39 Å². The Balaban J connectivity index is 2.19. The topological polar surface area (TPSA) is 18.5 Å². The van der Waals surface area contributed by atoms with Gasteiger partial charge in [0.2, 0.25) is 0 Å². The Labute approximate surface area is 128 Å². The maximum Gasteiger partial charge on any atom is 0.129 e. The number of likely N-dealkylation sites (N-methyl/N-ethyl adjacent to an activating group) is 2. The van der Waals surface area contributed by atoms with E-state index in [4.69, 9.17) is 0 Å². The number of anilines is 1. The van der Waals surface area contributed by atoms with Crippen molar-refractivity contribution in [3.8, 4) is 0 Å². The second-order valence-corrected chi connectivity index (χ2v) is 6.29. The van der Waals surface area contributed by atoms with E-state index >= 15 is 0 Å². The molecule has 0 bridgehead atoms. The van der Waals surface area contributed by atoms with Crippen molar-refractivity contribution in [2.24, 2.45) is 0 Å². The van der Waals surface area contributed by atoms with Crippen LogP contribution in [0.15, 0.2) is 18.2 Å². The molecule has 1 atom stereocenters. The van der Waals surface area contributed by atoms with Crippen molar-refractivity contribution >= 4 is 5.69 Å². The fourth-order valence-electron chi connectivity index (χ4n) is 2.87. The SMILES string of the molecule is CCN(c1cccc(F)c1CNC1CC1)C(C)CN(C)C. The fourth-order valence-corrected chi connectivity index (χ4v) is 2.87. The fraction of sp³-hybridized carbons (Fsp3) is 0.647. The lowest BCUT2D eigenvalue weighted by Gasteiger charge is -2.33. The van der Waals surface area contributed by atoms with E-state index in [9.17, 15) is 4.39 Å². The largest absolute Gasteiger partial charge is 0.367 e. The first-order valence-electron chi connectivity index (χ1n) is 7.95. The molecule has 1 N–H and O–H groups in total. The molecule has 1 saturated carbocycles. The van der Waals surface area contributed by atoms with Gasteiger partial charge in [-0.3, -0.25) is 0 Å². The Kier molecular flexibility index (Phi) is 5.59. The molecule has 3 nitrogen and oxygen atoms in total. The Morgan fingerprint density at radius 1 is 1.33 bits per heavy atom. The first-order valence-corrected chi connectivity index (χ1v) is 7.95. The molecule has 118 valence electrons.